The van der Waals surface area contributed by atoms with E-state index >= 15 is 0 Å². The minimum Gasteiger partial charge on any atom is -0.466 e. The molecule has 1 aromatic rings. The standard InChI is InChI=1S/C19H20F3NO3/c1-3-5-17(24)23-13(8-9-18(25)26-2)6-4-7-16(23)12-10-14(20)19(22)15(21)11-12/h3,8-11,13,16H,1,4-7H2,2H3/b9-8+/t13-,16+/m1/s1. The molecule has 1 aromatic carbocycles. The summed E-state index contributed by atoms with van der Waals surface area (Å²) in [6, 6.07) is 0.734. The van der Waals surface area contributed by atoms with Crippen LogP contribution in [0.25, 0.3) is 0 Å². The molecule has 1 aliphatic rings. The summed E-state index contributed by atoms with van der Waals surface area (Å²) in [5.41, 5.74) is 0.176. The van der Waals surface area contributed by atoms with Gasteiger partial charge in [-0.2, -0.15) is 0 Å². The van der Waals surface area contributed by atoms with Crippen molar-refractivity contribution < 1.29 is 27.5 Å². The molecule has 26 heavy (non-hydrogen) atoms. The quantitative estimate of drug-likeness (QED) is 0.344. The lowest BCUT2D eigenvalue weighted by molar-refractivity contribution is -0.137. The SMILES string of the molecule is C=CCC(=O)N1[C@@H](/C=C/C(=O)OC)CCC[C@H]1c1cc(F)c(F)c(F)c1. The highest BCUT2D eigenvalue weighted by Gasteiger charge is 2.34. The summed E-state index contributed by atoms with van der Waals surface area (Å²) in [7, 11) is 1.24. The lowest BCUT2D eigenvalue weighted by Crippen LogP contribution is -2.44. The summed E-state index contributed by atoms with van der Waals surface area (Å²) < 4.78 is 45.1. The van der Waals surface area contributed by atoms with E-state index in [0.29, 0.717) is 19.3 Å². The smallest absolute Gasteiger partial charge is 0.330 e. The molecule has 2 rings (SSSR count). The van der Waals surface area contributed by atoms with Crippen LogP contribution in [0.4, 0.5) is 13.2 Å². The minimum absolute atomic E-state index is 0.0330. The molecule has 0 spiro atoms. The number of nitrogens with zero attached hydrogens (tertiary/aromatic N) is 1. The highest BCUT2D eigenvalue weighted by Crippen LogP contribution is 2.36. The Morgan fingerprint density at radius 3 is 2.50 bits per heavy atom. The van der Waals surface area contributed by atoms with Crippen LogP contribution in [0, 0.1) is 17.5 Å². The maximum absolute atomic E-state index is 13.7. The average molecular weight is 367 g/mol. The Labute approximate surface area is 149 Å². The molecule has 1 heterocycles. The molecule has 0 aromatic heterocycles. The summed E-state index contributed by atoms with van der Waals surface area (Å²) in [5, 5.41) is 0. The first-order chi connectivity index (χ1) is 12.4. The van der Waals surface area contributed by atoms with Gasteiger partial charge in [-0.05, 0) is 37.0 Å². The molecule has 0 aliphatic carbocycles. The van der Waals surface area contributed by atoms with Crippen molar-refractivity contribution in [3.8, 4) is 0 Å². The predicted octanol–water partition coefficient (Wildman–Crippen LogP) is 3.83. The number of carbonyl (C=O) groups excluding carboxylic acids is 2. The van der Waals surface area contributed by atoms with Crippen LogP contribution in [0.3, 0.4) is 0 Å². The van der Waals surface area contributed by atoms with E-state index in [-0.39, 0.29) is 17.9 Å². The van der Waals surface area contributed by atoms with Crippen LogP contribution in [0.5, 0.6) is 0 Å². The van der Waals surface area contributed by atoms with Gasteiger partial charge in [-0.3, -0.25) is 4.79 Å². The van der Waals surface area contributed by atoms with Crippen LogP contribution < -0.4 is 0 Å². The van der Waals surface area contributed by atoms with Gasteiger partial charge < -0.3 is 9.64 Å². The topological polar surface area (TPSA) is 46.6 Å². The Hall–Kier alpha value is -2.57. The molecule has 0 saturated carbocycles. The molecule has 1 fully saturated rings. The Balaban J connectivity index is 2.42. The number of benzene rings is 1. The second kappa shape index (κ2) is 8.69. The Kier molecular flexibility index (Phi) is 6.60. The van der Waals surface area contributed by atoms with Crippen LogP contribution in [0.2, 0.25) is 0 Å². The second-order valence-corrected chi connectivity index (χ2v) is 5.99. The van der Waals surface area contributed by atoms with Crippen LogP contribution >= 0.6 is 0 Å². The largest absolute Gasteiger partial charge is 0.466 e. The molecule has 1 saturated heterocycles. The number of ether oxygens (including phenoxy) is 1. The molecule has 0 N–H and O–H groups in total. The summed E-state index contributed by atoms with van der Waals surface area (Å²) in [6.07, 6.45) is 5.93. The van der Waals surface area contributed by atoms with E-state index in [9.17, 15) is 22.8 Å². The minimum atomic E-state index is -1.55. The van der Waals surface area contributed by atoms with Crippen LogP contribution in [0.1, 0.15) is 37.3 Å². The van der Waals surface area contributed by atoms with E-state index < -0.39 is 35.5 Å². The monoisotopic (exact) mass is 367 g/mol. The molecule has 1 amide bonds. The number of hydrogen-bond acceptors (Lipinski definition) is 3. The maximum atomic E-state index is 13.7. The van der Waals surface area contributed by atoms with Gasteiger partial charge >= 0.3 is 5.97 Å². The van der Waals surface area contributed by atoms with Crippen molar-refractivity contribution in [1.29, 1.82) is 0 Å². The third-order valence-corrected chi connectivity index (χ3v) is 4.32. The zero-order valence-corrected chi connectivity index (χ0v) is 14.4. The highest BCUT2D eigenvalue weighted by atomic mass is 19.2. The van der Waals surface area contributed by atoms with Gasteiger partial charge in [0, 0.05) is 12.5 Å². The zero-order valence-electron chi connectivity index (χ0n) is 14.4. The van der Waals surface area contributed by atoms with E-state index in [2.05, 4.69) is 11.3 Å². The van der Waals surface area contributed by atoms with Crippen LogP contribution in [-0.4, -0.2) is 29.9 Å². The molecular weight excluding hydrogens is 347 g/mol. The number of amides is 1. The van der Waals surface area contributed by atoms with Crippen molar-refractivity contribution in [2.45, 2.75) is 37.8 Å². The third kappa shape index (κ3) is 4.33. The molecule has 140 valence electrons. The molecule has 1 aliphatic heterocycles. The van der Waals surface area contributed by atoms with Crippen molar-refractivity contribution in [1.82, 2.24) is 4.90 Å². The number of esters is 1. The fourth-order valence-corrected chi connectivity index (χ4v) is 3.16. The molecular formula is C19H20F3NO3. The third-order valence-electron chi connectivity index (χ3n) is 4.32. The number of methoxy groups -OCH3 is 1. The highest BCUT2D eigenvalue weighted by molar-refractivity contribution is 5.82. The van der Waals surface area contributed by atoms with E-state index in [1.54, 1.807) is 0 Å². The van der Waals surface area contributed by atoms with Crippen molar-refractivity contribution in [3.05, 3.63) is 60.0 Å². The first-order valence-corrected chi connectivity index (χ1v) is 8.21. The molecule has 0 radical (unpaired) electrons. The number of likely N-dealkylation sites (tertiary alicyclic amines) is 1. The van der Waals surface area contributed by atoms with E-state index in [4.69, 9.17) is 0 Å². The predicted molar refractivity (Wildman–Crippen MR) is 89.5 cm³/mol. The molecule has 2 atom stereocenters. The first-order valence-electron chi connectivity index (χ1n) is 8.21. The summed E-state index contributed by atoms with van der Waals surface area (Å²) in [5.74, 6) is -5.01. The van der Waals surface area contributed by atoms with E-state index in [0.717, 1.165) is 12.1 Å². The van der Waals surface area contributed by atoms with Crippen molar-refractivity contribution in [2.24, 2.45) is 0 Å². The van der Waals surface area contributed by atoms with Gasteiger partial charge in [0.15, 0.2) is 17.5 Å². The normalized spacial score (nSPS) is 20.2. The molecule has 4 nitrogen and oxygen atoms in total. The lowest BCUT2D eigenvalue weighted by Gasteiger charge is -2.41. The summed E-state index contributed by atoms with van der Waals surface area (Å²) >= 11 is 0. The zero-order chi connectivity index (χ0) is 19.3. The number of rotatable bonds is 5. The number of halogens is 3. The molecule has 0 unspecified atom stereocenters. The van der Waals surface area contributed by atoms with Gasteiger partial charge in [0.2, 0.25) is 5.91 Å². The van der Waals surface area contributed by atoms with Gasteiger partial charge in [0.25, 0.3) is 0 Å². The molecule has 7 heteroatoms. The number of piperidine rings is 1. The first kappa shape index (κ1) is 19.8. The Morgan fingerprint density at radius 2 is 1.92 bits per heavy atom. The number of hydrogen-bond donors (Lipinski definition) is 0. The number of carbonyl (C=O) groups is 2. The molecule has 0 bridgehead atoms. The van der Waals surface area contributed by atoms with Crippen LogP contribution in [-0.2, 0) is 14.3 Å². The van der Waals surface area contributed by atoms with Crippen molar-refractivity contribution >= 4 is 11.9 Å². The van der Waals surface area contributed by atoms with Gasteiger partial charge in [0.1, 0.15) is 0 Å². The van der Waals surface area contributed by atoms with Crippen LogP contribution in [0.15, 0.2) is 36.9 Å². The van der Waals surface area contributed by atoms with Crippen molar-refractivity contribution in [3.63, 3.8) is 0 Å². The van der Waals surface area contributed by atoms with Gasteiger partial charge in [-0.15, -0.1) is 6.58 Å². The fraction of sp³-hybridized carbons (Fsp3) is 0.368. The summed E-state index contributed by atoms with van der Waals surface area (Å²) in [4.78, 5) is 25.4. The van der Waals surface area contributed by atoms with E-state index in [1.165, 1.54) is 30.2 Å². The maximum Gasteiger partial charge on any atom is 0.330 e. The second-order valence-electron chi connectivity index (χ2n) is 5.99. The van der Waals surface area contributed by atoms with Gasteiger partial charge in [-0.25, -0.2) is 18.0 Å². The lowest BCUT2D eigenvalue weighted by atomic mass is 9.90. The van der Waals surface area contributed by atoms with Crippen molar-refractivity contribution in [2.75, 3.05) is 7.11 Å². The van der Waals surface area contributed by atoms with Gasteiger partial charge in [0.05, 0.1) is 19.2 Å². The Bertz CT molecular complexity index is 710. The van der Waals surface area contributed by atoms with Gasteiger partial charge in [-0.1, -0.05) is 12.2 Å². The fourth-order valence-electron chi connectivity index (χ4n) is 3.16. The Morgan fingerprint density at radius 1 is 1.27 bits per heavy atom. The van der Waals surface area contributed by atoms with E-state index in [1.807, 2.05) is 0 Å². The average Bonchev–Trinajstić information content (AvgIpc) is 2.63. The summed E-state index contributed by atoms with van der Waals surface area (Å²) in [6.45, 7) is 3.54.